The lowest BCUT2D eigenvalue weighted by atomic mass is 10.2. The van der Waals surface area contributed by atoms with Crippen LogP contribution in [0.25, 0.3) is 0 Å². The van der Waals surface area contributed by atoms with Crippen LogP contribution in [-0.4, -0.2) is 24.7 Å². The van der Waals surface area contributed by atoms with Crippen LogP contribution in [0, 0.1) is 0 Å². The largest absolute Gasteiger partial charge is 0.428 e. The van der Waals surface area contributed by atoms with Gasteiger partial charge in [0.15, 0.2) is 0 Å². The summed E-state index contributed by atoms with van der Waals surface area (Å²) in [5.41, 5.74) is -0.188. The molecule has 2 nitrogen and oxygen atoms in total. The van der Waals surface area contributed by atoms with Crippen LogP contribution in [0.15, 0.2) is 5.16 Å². The highest BCUT2D eigenvalue weighted by Crippen LogP contribution is 2.28. The van der Waals surface area contributed by atoms with E-state index in [9.17, 15) is 17.6 Å². The number of oxime groups is 1. The molecule has 1 aliphatic heterocycles. The lowest BCUT2D eigenvalue weighted by Gasteiger charge is -2.11. The highest BCUT2D eigenvalue weighted by molar-refractivity contribution is 5.86. The van der Waals surface area contributed by atoms with Crippen molar-refractivity contribution in [2.75, 3.05) is 6.67 Å². The van der Waals surface area contributed by atoms with Gasteiger partial charge < -0.3 is 4.84 Å². The molecular weight excluding hydrogens is 166 g/mol. The van der Waals surface area contributed by atoms with Gasteiger partial charge in [-0.1, -0.05) is 5.16 Å². The average molecular weight is 171 g/mol. The Kier molecular flexibility index (Phi) is 2.01. The fourth-order valence-corrected chi connectivity index (χ4v) is 0.681. The molecule has 0 bridgehead atoms. The van der Waals surface area contributed by atoms with Gasteiger partial charge in [0.05, 0.1) is 5.71 Å². The van der Waals surface area contributed by atoms with Crippen LogP contribution in [0.4, 0.5) is 17.6 Å². The van der Waals surface area contributed by atoms with Crippen molar-refractivity contribution in [3.05, 3.63) is 0 Å². The van der Waals surface area contributed by atoms with Crippen molar-refractivity contribution in [1.29, 1.82) is 0 Å². The molecule has 0 N–H and O–H groups in total. The molecule has 0 aromatic heterocycles. The molecule has 1 atom stereocenters. The SMILES string of the molecule is FCC1=NOC(C(F)(F)F)C1. The van der Waals surface area contributed by atoms with Crippen LogP contribution in [0.3, 0.4) is 0 Å². The van der Waals surface area contributed by atoms with Gasteiger partial charge in [0.1, 0.15) is 6.67 Å². The maximum absolute atomic E-state index is 11.7. The Labute approximate surface area is 59.8 Å². The van der Waals surface area contributed by atoms with E-state index in [1.54, 1.807) is 0 Å². The van der Waals surface area contributed by atoms with Crippen LogP contribution < -0.4 is 0 Å². The predicted octanol–water partition coefficient (Wildman–Crippen LogP) is 1.66. The summed E-state index contributed by atoms with van der Waals surface area (Å²) in [5.74, 6) is 0. The quantitative estimate of drug-likeness (QED) is 0.550. The standard InChI is InChI=1S/C5H5F4NO/c6-2-3-1-4(11-10-3)5(7,8)9/h4H,1-2H2. The van der Waals surface area contributed by atoms with E-state index in [0.717, 1.165) is 0 Å². The van der Waals surface area contributed by atoms with Crippen molar-refractivity contribution in [2.45, 2.75) is 18.7 Å². The topological polar surface area (TPSA) is 21.6 Å². The van der Waals surface area contributed by atoms with Crippen LogP contribution in [0.1, 0.15) is 6.42 Å². The third-order valence-electron chi connectivity index (χ3n) is 1.25. The molecule has 1 unspecified atom stereocenters. The van der Waals surface area contributed by atoms with Crippen molar-refractivity contribution >= 4 is 5.71 Å². The zero-order chi connectivity index (χ0) is 8.48. The van der Waals surface area contributed by atoms with E-state index >= 15 is 0 Å². The third kappa shape index (κ3) is 1.81. The number of hydrogen-bond donors (Lipinski definition) is 0. The van der Waals surface area contributed by atoms with Crippen LogP contribution in [0.5, 0.6) is 0 Å². The molecule has 0 saturated heterocycles. The molecule has 64 valence electrons. The molecule has 6 heteroatoms. The molecule has 1 rings (SSSR count). The lowest BCUT2D eigenvalue weighted by Crippen LogP contribution is -2.28. The maximum atomic E-state index is 11.7. The zero-order valence-corrected chi connectivity index (χ0v) is 5.36. The second-order valence-electron chi connectivity index (χ2n) is 2.13. The first-order chi connectivity index (χ1) is 5.04. The summed E-state index contributed by atoms with van der Waals surface area (Å²) in [4.78, 5) is 3.94. The van der Waals surface area contributed by atoms with Crippen molar-refractivity contribution in [3.63, 3.8) is 0 Å². The van der Waals surface area contributed by atoms with Gasteiger partial charge in [-0.15, -0.1) is 0 Å². The third-order valence-corrected chi connectivity index (χ3v) is 1.25. The lowest BCUT2D eigenvalue weighted by molar-refractivity contribution is -0.212. The van der Waals surface area contributed by atoms with Gasteiger partial charge in [0, 0.05) is 6.42 Å². The molecule has 1 heterocycles. The van der Waals surface area contributed by atoms with Gasteiger partial charge in [0.25, 0.3) is 0 Å². The first-order valence-electron chi connectivity index (χ1n) is 2.88. The molecule has 0 aromatic carbocycles. The van der Waals surface area contributed by atoms with Crippen molar-refractivity contribution in [2.24, 2.45) is 5.16 Å². The molecule has 0 saturated carbocycles. The van der Waals surface area contributed by atoms with Crippen molar-refractivity contribution in [1.82, 2.24) is 0 Å². The average Bonchev–Trinajstić information content (AvgIpc) is 2.32. The molecule has 0 radical (unpaired) electrons. The second kappa shape index (κ2) is 2.67. The van der Waals surface area contributed by atoms with Gasteiger partial charge in [-0.25, -0.2) is 4.39 Å². The highest BCUT2D eigenvalue weighted by Gasteiger charge is 2.45. The summed E-state index contributed by atoms with van der Waals surface area (Å²) >= 11 is 0. The van der Waals surface area contributed by atoms with E-state index in [-0.39, 0.29) is 5.71 Å². The van der Waals surface area contributed by atoms with Gasteiger partial charge in [-0.05, 0) is 0 Å². The molecule has 0 aliphatic carbocycles. The number of alkyl halides is 4. The van der Waals surface area contributed by atoms with Crippen LogP contribution in [-0.2, 0) is 4.84 Å². The smallest absolute Gasteiger partial charge is 0.382 e. The van der Waals surface area contributed by atoms with E-state index in [0.29, 0.717) is 0 Å². The first-order valence-corrected chi connectivity index (χ1v) is 2.88. The van der Waals surface area contributed by atoms with Crippen molar-refractivity contribution < 1.29 is 22.4 Å². The van der Waals surface area contributed by atoms with Crippen LogP contribution in [0.2, 0.25) is 0 Å². The van der Waals surface area contributed by atoms with Gasteiger partial charge >= 0.3 is 6.18 Å². The summed E-state index contributed by atoms with van der Waals surface area (Å²) in [6.07, 6.45) is -6.88. The minimum atomic E-state index is -4.44. The first kappa shape index (κ1) is 8.29. The summed E-state index contributed by atoms with van der Waals surface area (Å²) in [6, 6.07) is 0. The predicted molar refractivity (Wildman–Crippen MR) is 29.0 cm³/mol. The summed E-state index contributed by atoms with van der Waals surface area (Å²) in [6.45, 7) is -0.980. The number of halogens is 4. The molecule has 11 heavy (non-hydrogen) atoms. The fourth-order valence-electron chi connectivity index (χ4n) is 0.681. The Morgan fingerprint density at radius 3 is 2.45 bits per heavy atom. The number of hydrogen-bond acceptors (Lipinski definition) is 2. The number of nitrogens with zero attached hydrogens (tertiary/aromatic N) is 1. The van der Waals surface area contributed by atoms with E-state index < -0.39 is 25.4 Å². The summed E-state index contributed by atoms with van der Waals surface area (Å²) in [7, 11) is 0. The molecule has 0 spiro atoms. The Balaban J connectivity index is 2.48. The molecule has 0 aromatic rings. The zero-order valence-electron chi connectivity index (χ0n) is 5.36. The normalized spacial score (nSPS) is 24.7. The van der Waals surface area contributed by atoms with E-state index in [4.69, 9.17) is 0 Å². The molecule has 0 fully saturated rings. The summed E-state index contributed by atoms with van der Waals surface area (Å²) < 4.78 is 46.9. The molecule has 0 amide bonds. The molecular formula is C5H5F4NO. The number of rotatable bonds is 1. The van der Waals surface area contributed by atoms with E-state index in [1.807, 2.05) is 0 Å². The Hall–Kier alpha value is -0.810. The van der Waals surface area contributed by atoms with Gasteiger partial charge in [0.2, 0.25) is 6.10 Å². The Morgan fingerprint density at radius 1 is 1.55 bits per heavy atom. The van der Waals surface area contributed by atoms with Crippen LogP contribution >= 0.6 is 0 Å². The maximum Gasteiger partial charge on any atom is 0.428 e. The Morgan fingerprint density at radius 2 is 2.18 bits per heavy atom. The highest BCUT2D eigenvalue weighted by atomic mass is 19.4. The van der Waals surface area contributed by atoms with Gasteiger partial charge in [-0.3, -0.25) is 0 Å². The van der Waals surface area contributed by atoms with Gasteiger partial charge in [-0.2, -0.15) is 13.2 Å². The van der Waals surface area contributed by atoms with Crippen molar-refractivity contribution in [3.8, 4) is 0 Å². The summed E-state index contributed by atoms with van der Waals surface area (Å²) in [5, 5.41) is 2.92. The monoisotopic (exact) mass is 171 g/mol. The Bertz CT molecular complexity index is 176. The second-order valence-corrected chi connectivity index (χ2v) is 2.13. The fraction of sp³-hybridized carbons (Fsp3) is 0.800. The minimum absolute atomic E-state index is 0.188. The molecule has 1 aliphatic rings. The minimum Gasteiger partial charge on any atom is -0.382 e. The van der Waals surface area contributed by atoms with E-state index in [1.165, 1.54) is 0 Å². The van der Waals surface area contributed by atoms with E-state index in [2.05, 4.69) is 9.99 Å².